The van der Waals surface area contributed by atoms with E-state index >= 15 is 0 Å². The molecule has 5 heteroatoms. The van der Waals surface area contributed by atoms with Gasteiger partial charge in [0.15, 0.2) is 0 Å². The van der Waals surface area contributed by atoms with Gasteiger partial charge in [0.2, 0.25) is 0 Å². The molecule has 0 saturated heterocycles. The molecule has 2 nitrogen and oxygen atoms in total. The van der Waals surface area contributed by atoms with Gasteiger partial charge in [-0.2, -0.15) is 0 Å². The van der Waals surface area contributed by atoms with E-state index in [1.54, 1.807) is 12.4 Å². The first-order valence-electron chi connectivity index (χ1n) is 5.36. The van der Waals surface area contributed by atoms with E-state index in [0.717, 1.165) is 22.2 Å². The van der Waals surface area contributed by atoms with E-state index in [4.69, 9.17) is 5.73 Å². The van der Waals surface area contributed by atoms with Gasteiger partial charge < -0.3 is 5.73 Å². The van der Waals surface area contributed by atoms with Gasteiger partial charge >= 0.3 is 0 Å². The average Bonchev–Trinajstić information content (AvgIpc) is 2.34. The Morgan fingerprint density at radius 2 is 2.00 bits per heavy atom. The molecule has 0 aliphatic carbocycles. The van der Waals surface area contributed by atoms with E-state index in [1.807, 2.05) is 6.07 Å². The van der Waals surface area contributed by atoms with Crippen molar-refractivity contribution in [3.05, 3.63) is 63.9 Å². The summed E-state index contributed by atoms with van der Waals surface area (Å²) in [6, 6.07) is 4.75. The number of hydrogen-bond donors (Lipinski definition) is 1. The molecule has 0 aliphatic rings. The van der Waals surface area contributed by atoms with Gasteiger partial charge in [-0.25, -0.2) is 8.78 Å². The highest BCUT2D eigenvalue weighted by atomic mass is 79.9. The minimum Gasteiger partial charge on any atom is -0.324 e. The highest BCUT2D eigenvalue weighted by molar-refractivity contribution is 9.10. The Morgan fingerprint density at radius 1 is 1.22 bits per heavy atom. The van der Waals surface area contributed by atoms with Crippen LogP contribution >= 0.6 is 15.9 Å². The van der Waals surface area contributed by atoms with E-state index < -0.39 is 17.7 Å². The first-order chi connectivity index (χ1) is 8.56. The number of benzene rings is 1. The Hall–Kier alpha value is -1.33. The Balaban J connectivity index is 2.21. The molecule has 94 valence electrons. The van der Waals surface area contributed by atoms with Crippen molar-refractivity contribution >= 4 is 15.9 Å². The zero-order chi connectivity index (χ0) is 13.1. The minimum atomic E-state index is -0.467. The zero-order valence-corrected chi connectivity index (χ0v) is 11.0. The van der Waals surface area contributed by atoms with E-state index in [1.165, 1.54) is 6.07 Å². The summed E-state index contributed by atoms with van der Waals surface area (Å²) in [5, 5.41) is 0. The maximum absolute atomic E-state index is 13.5. The topological polar surface area (TPSA) is 38.9 Å². The highest BCUT2D eigenvalue weighted by Crippen LogP contribution is 2.20. The van der Waals surface area contributed by atoms with Crippen molar-refractivity contribution in [2.45, 2.75) is 12.5 Å². The monoisotopic (exact) mass is 312 g/mol. The minimum absolute atomic E-state index is 0.224. The fraction of sp³-hybridized carbons (Fsp3) is 0.154. The molecule has 2 N–H and O–H groups in total. The lowest BCUT2D eigenvalue weighted by Crippen LogP contribution is -2.14. The van der Waals surface area contributed by atoms with E-state index in [0.29, 0.717) is 0 Å². The summed E-state index contributed by atoms with van der Waals surface area (Å²) in [5.41, 5.74) is 7.00. The second-order valence-corrected chi connectivity index (χ2v) is 4.90. The van der Waals surface area contributed by atoms with Gasteiger partial charge in [-0.05, 0) is 57.7 Å². The molecule has 1 aromatic carbocycles. The van der Waals surface area contributed by atoms with Crippen LogP contribution in [0.5, 0.6) is 0 Å². The lowest BCUT2D eigenvalue weighted by molar-refractivity contribution is 0.572. The summed E-state index contributed by atoms with van der Waals surface area (Å²) < 4.78 is 27.3. The first-order valence-corrected chi connectivity index (χ1v) is 6.15. The molecule has 0 radical (unpaired) electrons. The molecule has 1 aromatic heterocycles. The van der Waals surface area contributed by atoms with Crippen LogP contribution in [0.15, 0.2) is 41.1 Å². The van der Waals surface area contributed by atoms with Crippen LogP contribution in [-0.4, -0.2) is 4.98 Å². The lowest BCUT2D eigenvalue weighted by Gasteiger charge is -2.12. The van der Waals surface area contributed by atoms with Crippen molar-refractivity contribution in [2.24, 2.45) is 5.73 Å². The summed E-state index contributed by atoms with van der Waals surface area (Å²) in [6.07, 6.45) is 3.48. The SMILES string of the molecule is N[C@@H](Cc1cc(F)ccc1F)c1cncc(Br)c1. The fourth-order valence-electron chi connectivity index (χ4n) is 1.69. The molecule has 0 unspecified atom stereocenters. The predicted molar refractivity (Wildman–Crippen MR) is 68.9 cm³/mol. The molecule has 1 atom stereocenters. The Labute approximate surface area is 112 Å². The van der Waals surface area contributed by atoms with Crippen molar-refractivity contribution in [3.8, 4) is 0 Å². The maximum atomic E-state index is 13.5. The van der Waals surface area contributed by atoms with Crippen molar-refractivity contribution < 1.29 is 8.78 Å². The number of hydrogen-bond acceptors (Lipinski definition) is 2. The van der Waals surface area contributed by atoms with Gasteiger partial charge in [0, 0.05) is 22.9 Å². The molecule has 0 spiro atoms. The van der Waals surface area contributed by atoms with Crippen molar-refractivity contribution in [2.75, 3.05) is 0 Å². The third-order valence-corrected chi connectivity index (χ3v) is 3.04. The Morgan fingerprint density at radius 3 is 2.72 bits per heavy atom. The Bertz CT molecular complexity index is 560. The lowest BCUT2D eigenvalue weighted by atomic mass is 10.0. The van der Waals surface area contributed by atoms with Gasteiger partial charge in [-0.1, -0.05) is 0 Å². The molecule has 18 heavy (non-hydrogen) atoms. The van der Waals surface area contributed by atoms with E-state index in [-0.39, 0.29) is 12.0 Å². The number of nitrogens with two attached hydrogens (primary N) is 1. The molecule has 0 aliphatic heterocycles. The first kappa shape index (κ1) is 13.1. The molecule has 0 amide bonds. The van der Waals surface area contributed by atoms with Crippen molar-refractivity contribution in [1.82, 2.24) is 4.98 Å². The number of pyridine rings is 1. The number of aromatic nitrogens is 1. The molecule has 0 saturated carbocycles. The second kappa shape index (κ2) is 5.54. The third-order valence-electron chi connectivity index (χ3n) is 2.60. The molecular formula is C13H11BrF2N2. The van der Waals surface area contributed by atoms with Crippen LogP contribution < -0.4 is 5.73 Å². The molecule has 2 rings (SSSR count). The normalized spacial score (nSPS) is 12.4. The van der Waals surface area contributed by atoms with E-state index in [2.05, 4.69) is 20.9 Å². The van der Waals surface area contributed by atoms with Gasteiger partial charge in [0.05, 0.1) is 0 Å². The quantitative estimate of drug-likeness (QED) is 0.943. The van der Waals surface area contributed by atoms with Crippen LogP contribution in [0.3, 0.4) is 0 Å². The largest absolute Gasteiger partial charge is 0.324 e. The molecule has 2 aromatic rings. The number of halogens is 3. The van der Waals surface area contributed by atoms with Crippen molar-refractivity contribution in [1.29, 1.82) is 0 Å². The van der Waals surface area contributed by atoms with Crippen LogP contribution in [0.25, 0.3) is 0 Å². The maximum Gasteiger partial charge on any atom is 0.126 e. The standard InChI is InChI=1S/C13H11BrF2N2/c14-10-3-9(6-18-7-10)13(17)5-8-4-11(15)1-2-12(8)16/h1-4,6-7,13H,5,17H2/t13-/m0/s1. The molecule has 0 bridgehead atoms. The van der Waals surface area contributed by atoms with Crippen LogP contribution in [0, 0.1) is 11.6 Å². The molecular weight excluding hydrogens is 302 g/mol. The molecule has 0 fully saturated rings. The van der Waals surface area contributed by atoms with Crippen molar-refractivity contribution in [3.63, 3.8) is 0 Å². The predicted octanol–water partition coefficient (Wildman–Crippen LogP) is 3.36. The fourth-order valence-corrected chi connectivity index (χ4v) is 2.07. The van der Waals surface area contributed by atoms with Crippen LogP contribution in [0.4, 0.5) is 8.78 Å². The van der Waals surface area contributed by atoms with Crippen LogP contribution in [0.2, 0.25) is 0 Å². The van der Waals surface area contributed by atoms with Gasteiger partial charge in [-0.15, -0.1) is 0 Å². The highest BCUT2D eigenvalue weighted by Gasteiger charge is 2.12. The third kappa shape index (κ3) is 3.11. The average molecular weight is 313 g/mol. The smallest absolute Gasteiger partial charge is 0.126 e. The Kier molecular flexibility index (Phi) is 4.04. The summed E-state index contributed by atoms with van der Waals surface area (Å²) in [7, 11) is 0. The van der Waals surface area contributed by atoms with Gasteiger partial charge in [0.25, 0.3) is 0 Å². The second-order valence-electron chi connectivity index (χ2n) is 3.98. The van der Waals surface area contributed by atoms with E-state index in [9.17, 15) is 8.78 Å². The number of rotatable bonds is 3. The van der Waals surface area contributed by atoms with Crippen LogP contribution in [0.1, 0.15) is 17.2 Å². The van der Waals surface area contributed by atoms with Crippen LogP contribution in [-0.2, 0) is 6.42 Å². The van der Waals surface area contributed by atoms with Gasteiger partial charge in [0.1, 0.15) is 11.6 Å². The summed E-state index contributed by atoms with van der Waals surface area (Å²) >= 11 is 3.29. The summed E-state index contributed by atoms with van der Waals surface area (Å²) in [5.74, 6) is -0.916. The summed E-state index contributed by atoms with van der Waals surface area (Å²) in [4.78, 5) is 3.99. The summed E-state index contributed by atoms with van der Waals surface area (Å²) in [6.45, 7) is 0. The number of nitrogens with zero attached hydrogens (tertiary/aromatic N) is 1. The molecule has 1 heterocycles. The zero-order valence-electron chi connectivity index (χ0n) is 9.41. The van der Waals surface area contributed by atoms with Gasteiger partial charge in [-0.3, -0.25) is 4.98 Å².